The van der Waals surface area contributed by atoms with E-state index in [2.05, 4.69) is 18.9 Å². The number of aromatic nitrogens is 2. The number of hydrogen-bond acceptors (Lipinski definition) is 4. The first-order valence-electron chi connectivity index (χ1n) is 7.82. The van der Waals surface area contributed by atoms with Crippen LogP contribution in [0, 0.1) is 5.92 Å². The highest BCUT2D eigenvalue weighted by Gasteiger charge is 2.24. The highest BCUT2D eigenvalue weighted by atomic mass is 35.5. The minimum Gasteiger partial charge on any atom is -0.492 e. The van der Waals surface area contributed by atoms with Crippen LogP contribution in [0.4, 0.5) is 0 Å². The van der Waals surface area contributed by atoms with Crippen molar-refractivity contribution in [2.75, 3.05) is 6.61 Å². The van der Waals surface area contributed by atoms with Gasteiger partial charge in [-0.15, -0.1) is 5.10 Å². The summed E-state index contributed by atoms with van der Waals surface area (Å²) in [5.41, 5.74) is -0.00948. The number of ether oxygens (including phenoxy) is 1. The maximum absolute atomic E-state index is 12.1. The molecular weight excluding hydrogens is 351 g/mol. The van der Waals surface area contributed by atoms with Gasteiger partial charge in [0.2, 0.25) is 5.89 Å². The van der Waals surface area contributed by atoms with Crippen molar-refractivity contribution in [2.24, 2.45) is 5.92 Å². The quantitative estimate of drug-likeness (QED) is 0.752. The van der Waals surface area contributed by atoms with Crippen LogP contribution in [0.5, 0.6) is 5.75 Å². The molecule has 0 N–H and O–H groups in total. The molecule has 2 aromatic rings. The molecule has 0 bridgehead atoms. The predicted octanol–water partition coefficient (Wildman–Crippen LogP) is 4.85. The fourth-order valence-electron chi connectivity index (χ4n) is 1.93. The van der Waals surface area contributed by atoms with Crippen LogP contribution >= 0.6 is 23.2 Å². The van der Waals surface area contributed by atoms with E-state index in [1.54, 1.807) is 12.1 Å². The van der Waals surface area contributed by atoms with E-state index in [-0.39, 0.29) is 5.41 Å². The van der Waals surface area contributed by atoms with Crippen molar-refractivity contribution in [1.82, 2.24) is 9.78 Å². The number of hydrogen-bond donors (Lipinski definition) is 0. The Morgan fingerprint density at radius 3 is 2.46 bits per heavy atom. The number of nitrogens with zero attached hydrogens (tertiary/aromatic N) is 2. The Morgan fingerprint density at radius 1 is 1.25 bits per heavy atom. The average Bonchev–Trinajstić information content (AvgIpc) is 2.83. The van der Waals surface area contributed by atoms with Gasteiger partial charge >= 0.3 is 5.76 Å². The molecule has 0 saturated carbocycles. The first-order chi connectivity index (χ1) is 11.1. The number of benzene rings is 1. The van der Waals surface area contributed by atoms with E-state index < -0.39 is 5.76 Å². The van der Waals surface area contributed by atoms with Crippen molar-refractivity contribution in [3.8, 4) is 11.4 Å². The molecule has 0 radical (unpaired) electrons. The van der Waals surface area contributed by atoms with Gasteiger partial charge in [-0.2, -0.15) is 4.68 Å². The van der Waals surface area contributed by atoms with Gasteiger partial charge in [0.05, 0.1) is 22.3 Å². The van der Waals surface area contributed by atoms with Gasteiger partial charge in [-0.1, -0.05) is 57.8 Å². The van der Waals surface area contributed by atoms with Crippen LogP contribution in [-0.4, -0.2) is 16.4 Å². The molecule has 7 heteroatoms. The van der Waals surface area contributed by atoms with Crippen LogP contribution in [0.25, 0.3) is 5.69 Å². The molecule has 0 fully saturated rings. The van der Waals surface area contributed by atoms with Gasteiger partial charge in [0, 0.05) is 11.5 Å². The minimum atomic E-state index is -0.600. The Balaban J connectivity index is 2.40. The Kier molecular flexibility index (Phi) is 5.66. The van der Waals surface area contributed by atoms with E-state index in [1.165, 1.54) is 0 Å². The number of rotatable bonds is 5. The molecule has 1 aromatic carbocycles. The molecule has 1 heterocycles. The smallest absolute Gasteiger partial charge is 0.442 e. The van der Waals surface area contributed by atoms with Crippen molar-refractivity contribution in [2.45, 2.75) is 46.5 Å². The summed E-state index contributed by atoms with van der Waals surface area (Å²) < 4.78 is 12.1. The van der Waals surface area contributed by atoms with Crippen molar-refractivity contribution < 1.29 is 9.15 Å². The van der Waals surface area contributed by atoms with Gasteiger partial charge in [0.15, 0.2) is 0 Å². The van der Waals surface area contributed by atoms with Crippen molar-refractivity contribution in [3.63, 3.8) is 0 Å². The largest absolute Gasteiger partial charge is 0.492 e. The SMILES string of the molecule is CC(C)CCOc1cc(-n2nc(C(C)(C)C)oc2=O)c(Cl)cc1Cl. The zero-order valence-corrected chi connectivity index (χ0v) is 16.0. The highest BCUT2D eigenvalue weighted by molar-refractivity contribution is 6.36. The molecule has 2 rings (SSSR count). The maximum atomic E-state index is 12.1. The summed E-state index contributed by atoms with van der Waals surface area (Å²) in [6, 6.07) is 3.16. The van der Waals surface area contributed by atoms with Crippen LogP contribution < -0.4 is 10.5 Å². The summed E-state index contributed by atoms with van der Waals surface area (Å²) >= 11 is 12.4. The second-order valence-corrected chi connectivity index (χ2v) is 7.91. The van der Waals surface area contributed by atoms with Gasteiger partial charge in [-0.3, -0.25) is 0 Å². The van der Waals surface area contributed by atoms with Crippen molar-refractivity contribution >= 4 is 23.2 Å². The van der Waals surface area contributed by atoms with Gasteiger partial charge in [-0.05, 0) is 18.4 Å². The second kappa shape index (κ2) is 7.19. The molecule has 0 amide bonds. The fourth-order valence-corrected chi connectivity index (χ4v) is 2.45. The molecule has 1 aromatic heterocycles. The maximum Gasteiger partial charge on any atom is 0.442 e. The van der Waals surface area contributed by atoms with E-state index in [9.17, 15) is 4.79 Å². The van der Waals surface area contributed by atoms with Gasteiger partial charge in [0.25, 0.3) is 0 Å². The van der Waals surface area contributed by atoms with E-state index in [1.807, 2.05) is 20.8 Å². The van der Waals surface area contributed by atoms with E-state index in [0.717, 1.165) is 11.1 Å². The monoisotopic (exact) mass is 372 g/mol. The van der Waals surface area contributed by atoms with E-state index in [0.29, 0.717) is 39.9 Å². The van der Waals surface area contributed by atoms with Gasteiger partial charge < -0.3 is 9.15 Å². The summed E-state index contributed by atoms with van der Waals surface area (Å²) in [4.78, 5) is 12.1. The summed E-state index contributed by atoms with van der Waals surface area (Å²) in [5, 5.41) is 4.93. The second-order valence-electron chi connectivity index (χ2n) is 7.10. The molecule has 0 saturated heterocycles. The fraction of sp³-hybridized carbons (Fsp3) is 0.529. The van der Waals surface area contributed by atoms with Crippen LogP contribution in [0.2, 0.25) is 10.0 Å². The Bertz CT molecular complexity index is 773. The van der Waals surface area contributed by atoms with Crippen molar-refractivity contribution in [1.29, 1.82) is 0 Å². The molecule has 24 heavy (non-hydrogen) atoms. The molecule has 0 aliphatic heterocycles. The Morgan fingerprint density at radius 2 is 1.92 bits per heavy atom. The molecule has 132 valence electrons. The summed E-state index contributed by atoms with van der Waals surface area (Å²) in [6.07, 6.45) is 0.895. The summed E-state index contributed by atoms with van der Waals surface area (Å²) in [5.74, 6) is 0.713. The zero-order chi connectivity index (χ0) is 18.1. The summed E-state index contributed by atoms with van der Waals surface area (Å²) in [7, 11) is 0. The lowest BCUT2D eigenvalue weighted by molar-refractivity contribution is 0.289. The van der Waals surface area contributed by atoms with Gasteiger partial charge in [-0.25, -0.2) is 4.79 Å². The van der Waals surface area contributed by atoms with Crippen LogP contribution in [0.15, 0.2) is 21.3 Å². The first-order valence-corrected chi connectivity index (χ1v) is 8.58. The topological polar surface area (TPSA) is 57.3 Å². The molecule has 0 aliphatic carbocycles. The molecule has 5 nitrogen and oxygen atoms in total. The molecular formula is C17H22Cl2N2O3. The standard InChI is InChI=1S/C17H22Cl2N2O3/c1-10(2)6-7-23-14-9-13(11(18)8-12(14)19)21-16(22)24-15(20-21)17(3,4)5/h8-10H,6-7H2,1-5H3. The number of halogens is 2. The van der Waals surface area contributed by atoms with Crippen LogP contribution in [0.3, 0.4) is 0 Å². The normalized spacial score (nSPS) is 12.0. The molecule has 0 unspecified atom stereocenters. The first kappa shape index (κ1) is 18.9. The Labute approximate surface area is 151 Å². The van der Waals surface area contributed by atoms with Crippen LogP contribution in [-0.2, 0) is 5.41 Å². The third-order valence-corrected chi connectivity index (χ3v) is 3.97. The predicted molar refractivity (Wildman–Crippen MR) is 95.8 cm³/mol. The average molecular weight is 373 g/mol. The van der Waals surface area contributed by atoms with E-state index >= 15 is 0 Å². The third kappa shape index (κ3) is 4.33. The van der Waals surface area contributed by atoms with E-state index in [4.69, 9.17) is 32.4 Å². The molecule has 0 atom stereocenters. The third-order valence-electron chi connectivity index (χ3n) is 3.37. The molecule has 0 aliphatic rings. The Hall–Kier alpha value is -1.46. The highest BCUT2D eigenvalue weighted by Crippen LogP contribution is 2.33. The summed E-state index contributed by atoms with van der Waals surface area (Å²) in [6.45, 7) is 10.5. The van der Waals surface area contributed by atoms with Crippen molar-refractivity contribution in [3.05, 3.63) is 38.6 Å². The minimum absolute atomic E-state index is 0.298. The molecule has 0 spiro atoms. The van der Waals surface area contributed by atoms with Gasteiger partial charge in [0.1, 0.15) is 5.75 Å². The zero-order valence-electron chi connectivity index (χ0n) is 14.5. The lowest BCUT2D eigenvalue weighted by Gasteiger charge is -2.12. The lowest BCUT2D eigenvalue weighted by Crippen LogP contribution is -2.15. The van der Waals surface area contributed by atoms with Crippen LogP contribution in [0.1, 0.15) is 46.9 Å². The lowest BCUT2D eigenvalue weighted by atomic mass is 9.97.